The monoisotopic (exact) mass is 424 g/mol. The van der Waals surface area contributed by atoms with Crippen LogP contribution in [0.15, 0.2) is 72.8 Å². The molecule has 160 valence electrons. The fourth-order valence-electron chi connectivity index (χ4n) is 3.74. The number of nitrogens with one attached hydrogen (secondary N) is 1. The van der Waals surface area contributed by atoms with Crippen molar-refractivity contribution in [3.05, 3.63) is 94.0 Å². The summed E-state index contributed by atoms with van der Waals surface area (Å²) in [6.07, 6.45) is -0.694. The van der Waals surface area contributed by atoms with Crippen molar-refractivity contribution in [1.29, 1.82) is 0 Å². The maximum absolute atomic E-state index is 13.6. The SMILES string of the molecule is O=[N+]([O-])c1ccc(NC(c2ccccc2)c2ccccc2)nc1N1CCC(F)(F)CC1. The highest BCUT2D eigenvalue weighted by Gasteiger charge is 2.36. The molecule has 31 heavy (non-hydrogen) atoms. The fraction of sp³-hybridized carbons (Fsp3) is 0.261. The second kappa shape index (κ2) is 8.67. The van der Waals surface area contributed by atoms with Gasteiger partial charge >= 0.3 is 5.69 Å². The summed E-state index contributed by atoms with van der Waals surface area (Å²) >= 11 is 0. The van der Waals surface area contributed by atoms with Crippen LogP contribution in [0.1, 0.15) is 30.0 Å². The molecule has 8 heteroatoms. The van der Waals surface area contributed by atoms with E-state index in [1.165, 1.54) is 6.07 Å². The Balaban J connectivity index is 1.67. The number of piperidine rings is 1. The number of benzene rings is 2. The van der Waals surface area contributed by atoms with Crippen LogP contribution in [0.5, 0.6) is 0 Å². The Hall–Kier alpha value is -3.55. The van der Waals surface area contributed by atoms with Gasteiger partial charge in [-0.25, -0.2) is 13.8 Å². The lowest BCUT2D eigenvalue weighted by molar-refractivity contribution is -0.384. The number of nitro groups is 1. The fourth-order valence-corrected chi connectivity index (χ4v) is 3.74. The molecular weight excluding hydrogens is 402 g/mol. The smallest absolute Gasteiger partial charge is 0.311 e. The lowest BCUT2D eigenvalue weighted by Crippen LogP contribution is -2.40. The van der Waals surface area contributed by atoms with Crippen molar-refractivity contribution in [1.82, 2.24) is 4.98 Å². The molecule has 1 aliphatic heterocycles. The molecule has 1 N–H and O–H groups in total. The standard InChI is InChI=1S/C23H22F2N4O2/c24-23(25)13-15-28(16-14-23)22-19(29(30)31)11-12-20(27-22)26-21(17-7-3-1-4-8-17)18-9-5-2-6-10-18/h1-12,21H,13-16H2,(H,26,27). The van der Waals surface area contributed by atoms with Crippen molar-refractivity contribution in [3.8, 4) is 0 Å². The van der Waals surface area contributed by atoms with Crippen LogP contribution in [0.2, 0.25) is 0 Å². The molecule has 2 heterocycles. The minimum absolute atomic E-state index is 0.0189. The zero-order valence-electron chi connectivity index (χ0n) is 16.7. The van der Waals surface area contributed by atoms with Gasteiger partial charge in [-0.2, -0.15) is 0 Å². The quantitative estimate of drug-likeness (QED) is 0.422. The highest BCUT2D eigenvalue weighted by atomic mass is 19.3. The molecule has 0 saturated carbocycles. The molecule has 1 fully saturated rings. The van der Waals surface area contributed by atoms with E-state index >= 15 is 0 Å². The van der Waals surface area contributed by atoms with Gasteiger partial charge in [-0.05, 0) is 17.2 Å². The Bertz CT molecular complexity index is 998. The van der Waals surface area contributed by atoms with Gasteiger partial charge in [0.15, 0.2) is 0 Å². The van der Waals surface area contributed by atoms with Crippen LogP contribution in [-0.2, 0) is 0 Å². The Morgan fingerprint density at radius 2 is 1.48 bits per heavy atom. The van der Waals surface area contributed by atoms with Crippen LogP contribution < -0.4 is 10.2 Å². The molecule has 0 spiro atoms. The summed E-state index contributed by atoms with van der Waals surface area (Å²) in [7, 11) is 0. The molecular formula is C23H22F2N4O2. The Kier molecular flexibility index (Phi) is 5.79. The number of anilines is 2. The molecule has 0 atom stereocenters. The average Bonchev–Trinajstić information content (AvgIpc) is 2.78. The van der Waals surface area contributed by atoms with E-state index in [0.29, 0.717) is 5.82 Å². The first-order chi connectivity index (χ1) is 14.9. The van der Waals surface area contributed by atoms with Gasteiger partial charge in [-0.15, -0.1) is 0 Å². The normalized spacial score (nSPS) is 15.6. The van der Waals surface area contributed by atoms with Crippen molar-refractivity contribution in [2.45, 2.75) is 24.8 Å². The molecule has 0 unspecified atom stereocenters. The summed E-state index contributed by atoms with van der Waals surface area (Å²) in [5.74, 6) is -2.19. The first-order valence-electron chi connectivity index (χ1n) is 10.1. The number of hydrogen-bond acceptors (Lipinski definition) is 5. The van der Waals surface area contributed by atoms with Gasteiger partial charge in [-0.3, -0.25) is 10.1 Å². The van der Waals surface area contributed by atoms with Gasteiger partial charge in [0.2, 0.25) is 5.82 Å². The van der Waals surface area contributed by atoms with Crippen molar-refractivity contribution in [2.24, 2.45) is 0 Å². The predicted octanol–water partition coefficient (Wildman–Crippen LogP) is 5.43. The van der Waals surface area contributed by atoms with Gasteiger partial charge in [0.1, 0.15) is 5.82 Å². The average molecular weight is 424 g/mol. The minimum atomic E-state index is -2.74. The Morgan fingerprint density at radius 3 is 2.00 bits per heavy atom. The lowest BCUT2D eigenvalue weighted by atomic mass is 9.99. The first-order valence-corrected chi connectivity index (χ1v) is 10.1. The second-order valence-corrected chi connectivity index (χ2v) is 7.54. The molecule has 4 rings (SSSR count). The maximum atomic E-state index is 13.6. The van der Waals surface area contributed by atoms with E-state index in [1.807, 2.05) is 60.7 Å². The van der Waals surface area contributed by atoms with Crippen LogP contribution in [0.25, 0.3) is 0 Å². The molecule has 0 aliphatic carbocycles. The van der Waals surface area contributed by atoms with E-state index in [-0.39, 0.29) is 43.5 Å². The number of pyridine rings is 1. The molecule has 1 aliphatic rings. The molecule has 6 nitrogen and oxygen atoms in total. The summed E-state index contributed by atoms with van der Waals surface area (Å²) in [5.41, 5.74) is 1.83. The number of alkyl halides is 2. The number of aromatic nitrogens is 1. The van der Waals surface area contributed by atoms with Crippen molar-refractivity contribution in [2.75, 3.05) is 23.3 Å². The van der Waals surface area contributed by atoms with Crippen LogP contribution in [0.4, 0.5) is 26.1 Å². The molecule has 1 saturated heterocycles. The lowest BCUT2D eigenvalue weighted by Gasteiger charge is -2.32. The maximum Gasteiger partial charge on any atom is 0.311 e. The Morgan fingerprint density at radius 1 is 0.935 bits per heavy atom. The topological polar surface area (TPSA) is 71.3 Å². The largest absolute Gasteiger partial charge is 0.359 e. The first kappa shape index (κ1) is 20.7. The van der Waals surface area contributed by atoms with Gasteiger partial charge in [0.25, 0.3) is 5.92 Å². The van der Waals surface area contributed by atoms with Gasteiger partial charge in [0, 0.05) is 32.0 Å². The Labute approximate surface area is 178 Å². The number of halogens is 2. The van der Waals surface area contributed by atoms with Gasteiger partial charge in [0.05, 0.1) is 11.0 Å². The van der Waals surface area contributed by atoms with E-state index in [1.54, 1.807) is 11.0 Å². The van der Waals surface area contributed by atoms with E-state index in [4.69, 9.17) is 0 Å². The zero-order chi connectivity index (χ0) is 21.8. The molecule has 0 radical (unpaired) electrons. The van der Waals surface area contributed by atoms with E-state index in [2.05, 4.69) is 10.3 Å². The molecule has 0 bridgehead atoms. The zero-order valence-corrected chi connectivity index (χ0v) is 16.7. The molecule has 1 aromatic heterocycles. The van der Waals surface area contributed by atoms with Crippen LogP contribution in [-0.4, -0.2) is 28.9 Å². The van der Waals surface area contributed by atoms with E-state index in [9.17, 15) is 18.9 Å². The van der Waals surface area contributed by atoms with Gasteiger partial charge in [-0.1, -0.05) is 60.7 Å². The third-order valence-corrected chi connectivity index (χ3v) is 5.40. The number of nitrogens with zero attached hydrogens (tertiary/aromatic N) is 3. The predicted molar refractivity (Wildman–Crippen MR) is 116 cm³/mol. The van der Waals surface area contributed by atoms with Crippen LogP contribution in [0.3, 0.4) is 0 Å². The van der Waals surface area contributed by atoms with Gasteiger partial charge < -0.3 is 10.2 Å². The summed E-state index contributed by atoms with van der Waals surface area (Å²) in [6.45, 7) is 0.0379. The van der Waals surface area contributed by atoms with E-state index in [0.717, 1.165) is 11.1 Å². The summed E-state index contributed by atoms with van der Waals surface area (Å²) < 4.78 is 27.2. The third-order valence-electron chi connectivity index (χ3n) is 5.40. The summed E-state index contributed by atoms with van der Waals surface area (Å²) in [6, 6.07) is 22.3. The second-order valence-electron chi connectivity index (χ2n) is 7.54. The number of rotatable bonds is 6. The molecule has 0 amide bonds. The molecule has 3 aromatic rings. The van der Waals surface area contributed by atoms with Crippen molar-refractivity contribution < 1.29 is 13.7 Å². The van der Waals surface area contributed by atoms with Crippen LogP contribution >= 0.6 is 0 Å². The summed E-state index contributed by atoms with van der Waals surface area (Å²) in [4.78, 5) is 17.1. The highest BCUT2D eigenvalue weighted by Crippen LogP contribution is 2.35. The number of hydrogen-bond donors (Lipinski definition) is 1. The van der Waals surface area contributed by atoms with Crippen molar-refractivity contribution >= 4 is 17.3 Å². The molecule has 2 aromatic carbocycles. The minimum Gasteiger partial charge on any atom is -0.359 e. The van der Waals surface area contributed by atoms with Crippen LogP contribution in [0, 0.1) is 10.1 Å². The third kappa shape index (κ3) is 4.79. The van der Waals surface area contributed by atoms with E-state index < -0.39 is 10.8 Å². The highest BCUT2D eigenvalue weighted by molar-refractivity contribution is 5.62. The summed E-state index contributed by atoms with van der Waals surface area (Å²) in [5, 5.41) is 14.9. The van der Waals surface area contributed by atoms with Crippen molar-refractivity contribution in [3.63, 3.8) is 0 Å².